The Balaban J connectivity index is -0.00000000450. The van der Waals surface area contributed by atoms with Crippen molar-refractivity contribution in [1.82, 2.24) is 0 Å². The van der Waals surface area contributed by atoms with Gasteiger partial charge in [0.15, 0.2) is 0 Å². The van der Waals surface area contributed by atoms with Gasteiger partial charge in [-0.05, 0) is 0 Å². The molecule has 40 valence electrons. The summed E-state index contributed by atoms with van der Waals surface area (Å²) in [5, 5.41) is 0. The third kappa shape index (κ3) is 58.1. The molecule has 0 aromatic heterocycles. The molecule has 0 saturated carbocycles. The molecule has 1 N–H and O–H groups in total. The Morgan fingerprint density at radius 1 is 1.29 bits per heavy atom. The summed E-state index contributed by atoms with van der Waals surface area (Å²) in [6.45, 7) is 0. The van der Waals surface area contributed by atoms with E-state index in [9.17, 15) is 0 Å². The van der Waals surface area contributed by atoms with E-state index in [1.165, 1.54) is 0 Å². The van der Waals surface area contributed by atoms with Crippen molar-refractivity contribution in [3.05, 3.63) is 0 Å². The van der Waals surface area contributed by atoms with Crippen LogP contribution < -0.4 is 0 Å². The van der Waals surface area contributed by atoms with Crippen LogP contribution in [-0.4, -0.2) is 41.8 Å². The fraction of sp³-hybridized carbons (Fsp3) is 0. The van der Waals surface area contributed by atoms with Crippen molar-refractivity contribution in [1.29, 1.82) is 0 Å². The molecule has 0 aliphatic carbocycles. The summed E-state index contributed by atoms with van der Waals surface area (Å²) in [5.41, 5.74) is 0. The molecule has 7 heteroatoms. The van der Waals surface area contributed by atoms with Gasteiger partial charge in [-0.1, -0.05) is 0 Å². The average Bonchev–Trinajstić information content (AvgIpc) is 0.811. The summed E-state index contributed by atoms with van der Waals surface area (Å²) in [6, 6.07) is 0. The zero-order valence-corrected chi connectivity index (χ0v) is 9.39. The van der Waals surface area contributed by atoms with Gasteiger partial charge >= 0.3 is 64.5 Å². The molecular weight excluding hydrogens is 243 g/mol. The molecule has 0 fully saturated rings. The van der Waals surface area contributed by atoms with Crippen LogP contribution in [0.1, 0.15) is 2.85 Å². The fourth-order valence-corrected chi connectivity index (χ4v) is 0. The first kappa shape index (κ1) is 22.7. The van der Waals surface area contributed by atoms with Gasteiger partial charge in [0, 0.05) is 34.7 Å². The number of rotatable bonds is 0. The van der Waals surface area contributed by atoms with E-state index in [1.54, 1.807) is 0 Å². The van der Waals surface area contributed by atoms with Gasteiger partial charge in [0.05, 0.1) is 0 Å². The molecule has 0 atom stereocenters. The monoisotopic (exact) mass is 246 g/mol. The molecule has 0 bridgehead atoms. The summed E-state index contributed by atoms with van der Waals surface area (Å²) in [5.74, 6) is 0. The number of hydrogen-bond donors (Lipinski definition) is 1. The summed E-state index contributed by atoms with van der Waals surface area (Å²) in [4.78, 5) is 0. The summed E-state index contributed by atoms with van der Waals surface area (Å²) in [6.07, 6.45) is 0. The van der Waals surface area contributed by atoms with Crippen molar-refractivity contribution < 1.29 is 64.4 Å². The molecule has 0 radical (unpaired) electrons. The van der Waals surface area contributed by atoms with Crippen LogP contribution in [0.4, 0.5) is 0 Å². The van der Waals surface area contributed by atoms with Crippen LogP contribution in [0.2, 0.25) is 0 Å². The Labute approximate surface area is 100 Å². The third-order valence-electron chi connectivity index (χ3n) is 0. The van der Waals surface area contributed by atoms with Gasteiger partial charge in [0.2, 0.25) is 0 Å². The van der Waals surface area contributed by atoms with Gasteiger partial charge in [-0.2, -0.15) is 0 Å². The maximum atomic E-state index is 8.67. The first-order chi connectivity index (χ1) is 1.73. The molecule has 3 nitrogen and oxygen atoms in total. The molecule has 0 aromatic rings. The van der Waals surface area contributed by atoms with Gasteiger partial charge in [0.25, 0.3) is 0 Å². The van der Waals surface area contributed by atoms with Crippen LogP contribution in [0.5, 0.6) is 0 Å². The molecule has 0 aliphatic heterocycles. The van der Waals surface area contributed by atoms with Crippen molar-refractivity contribution in [3.8, 4) is 0 Å². The van der Waals surface area contributed by atoms with Crippen LogP contribution in [0.3, 0.4) is 0 Å². The van der Waals surface area contributed by atoms with Crippen molar-refractivity contribution in [2.75, 3.05) is 0 Å². The Bertz CT molecular complexity index is 68.2. The first-order valence-electron chi connectivity index (χ1n) is 0.565. The zero-order valence-electron chi connectivity index (χ0n) is 5.23. The first-order valence-corrected chi connectivity index (χ1v) is 2.33. The second kappa shape index (κ2) is 15.8. The molecule has 0 heterocycles. The summed E-state index contributed by atoms with van der Waals surface area (Å²) < 4.78 is 24.4. The van der Waals surface area contributed by atoms with Crippen LogP contribution >= 0.6 is 0 Å². The standard InChI is InChI=1S/Ca.2Cr.H2O.2O.V.2H/h;;;1H2;;;;;/q+2;;;;;;+1;2*-1/p-1. The van der Waals surface area contributed by atoms with E-state index in [-0.39, 0.29) is 75.3 Å². The molecule has 0 rings (SSSR count). The van der Waals surface area contributed by atoms with Crippen molar-refractivity contribution in [3.63, 3.8) is 0 Å². The van der Waals surface area contributed by atoms with Crippen LogP contribution in [0.15, 0.2) is 0 Å². The van der Waals surface area contributed by atoms with Crippen LogP contribution in [0, 0.1) is 0 Å². The quantitative estimate of drug-likeness (QED) is 0.560. The van der Waals surface area contributed by atoms with E-state index in [0.29, 0.717) is 0 Å². The van der Waals surface area contributed by atoms with Gasteiger partial charge in [0.1, 0.15) is 0 Å². The molecule has 0 saturated heterocycles. The molecule has 0 amide bonds. The fourth-order valence-electron chi connectivity index (χ4n) is 0. The second-order valence-corrected chi connectivity index (χ2v) is 0.981. The molecule has 0 spiro atoms. The predicted molar refractivity (Wildman–Crippen MR) is 11.6 cm³/mol. The molecule has 0 unspecified atom stereocenters. The molecule has 7 heavy (non-hydrogen) atoms. The van der Waals surface area contributed by atoms with Gasteiger partial charge in [-0.3, -0.25) is 0 Å². The average molecular weight is 246 g/mol. The van der Waals surface area contributed by atoms with Crippen molar-refractivity contribution >= 4 is 37.7 Å². The molecular formula is H3CaCr2O3V. The predicted octanol–water partition coefficient (Wildman–Crippen LogP) is -0.958. The summed E-state index contributed by atoms with van der Waals surface area (Å²) >= 11 is -3.69. The SMILES string of the molecule is [Ca+2].[Cr].[Cr].[H-].[H-].[O]=[V](=[O])[OH]. The van der Waals surface area contributed by atoms with E-state index in [4.69, 9.17) is 11.4 Å². The topological polar surface area (TPSA) is 54.4 Å². The zero-order chi connectivity index (χ0) is 3.58. The van der Waals surface area contributed by atoms with Crippen LogP contribution in [0.25, 0.3) is 0 Å². The van der Waals surface area contributed by atoms with E-state index in [0.717, 1.165) is 0 Å². The van der Waals surface area contributed by atoms with E-state index >= 15 is 0 Å². The van der Waals surface area contributed by atoms with E-state index in [2.05, 4.69) is 0 Å². The Morgan fingerprint density at radius 2 is 1.29 bits per heavy atom. The normalized spacial score (nSPS) is 3.57. The van der Waals surface area contributed by atoms with Gasteiger partial charge < -0.3 is 2.85 Å². The summed E-state index contributed by atoms with van der Waals surface area (Å²) in [7, 11) is 0. The van der Waals surface area contributed by atoms with Crippen molar-refractivity contribution in [2.45, 2.75) is 0 Å². The second-order valence-electron chi connectivity index (χ2n) is 0.238. The molecule has 0 aromatic carbocycles. The Morgan fingerprint density at radius 3 is 1.29 bits per heavy atom. The van der Waals surface area contributed by atoms with Crippen molar-refractivity contribution in [2.24, 2.45) is 0 Å². The number of hydrogen-bond acceptors (Lipinski definition) is 2. The van der Waals surface area contributed by atoms with E-state index in [1.807, 2.05) is 0 Å². The minimum absolute atomic E-state index is 0. The van der Waals surface area contributed by atoms with E-state index < -0.39 is 15.4 Å². The molecule has 0 aliphatic rings. The maximum absolute atomic E-state index is 8.67. The van der Waals surface area contributed by atoms with Crippen LogP contribution in [-0.2, 0) is 57.5 Å². The minimum atomic E-state index is -3.69. The third-order valence-corrected chi connectivity index (χ3v) is 0. The Hall–Kier alpha value is 2.47. The van der Waals surface area contributed by atoms with Gasteiger partial charge in [-0.15, -0.1) is 0 Å². The van der Waals surface area contributed by atoms with Gasteiger partial charge in [-0.25, -0.2) is 0 Å². The Kier molecular flexibility index (Phi) is 51.2.